The van der Waals surface area contributed by atoms with Gasteiger partial charge in [-0.25, -0.2) is 4.79 Å². The highest BCUT2D eigenvalue weighted by Crippen LogP contribution is 2.57. The SMILES string of the molecule is CCN1CCC2(CN(CC(C)C)CC23CCN(C(=O)Nc2cccc(OC)c2)CC3)C1=O. The van der Waals surface area contributed by atoms with Crippen molar-refractivity contribution in [2.45, 2.75) is 40.0 Å². The number of nitrogens with zero attached hydrogens (tertiary/aromatic N) is 3. The summed E-state index contributed by atoms with van der Waals surface area (Å²) in [6.45, 7) is 12.5. The molecule has 3 aliphatic heterocycles. The van der Waals surface area contributed by atoms with Crippen LogP contribution < -0.4 is 10.1 Å². The fourth-order valence-electron chi connectivity index (χ4n) is 6.29. The van der Waals surface area contributed by atoms with E-state index < -0.39 is 0 Å². The number of methoxy groups -OCH3 is 1. The molecular formula is C25H38N4O3. The zero-order chi connectivity index (χ0) is 22.9. The van der Waals surface area contributed by atoms with Crippen molar-refractivity contribution >= 4 is 17.6 Å². The van der Waals surface area contributed by atoms with Crippen LogP contribution in [-0.2, 0) is 4.79 Å². The molecule has 176 valence electrons. The molecule has 3 amide bonds. The molecule has 0 aliphatic carbocycles. The van der Waals surface area contributed by atoms with Crippen LogP contribution in [0.25, 0.3) is 0 Å². The first-order valence-electron chi connectivity index (χ1n) is 12.0. The lowest BCUT2D eigenvalue weighted by Crippen LogP contribution is -2.54. The van der Waals surface area contributed by atoms with Crippen molar-refractivity contribution in [3.63, 3.8) is 0 Å². The maximum atomic E-state index is 13.6. The first-order chi connectivity index (χ1) is 15.3. The molecule has 2 spiro atoms. The van der Waals surface area contributed by atoms with E-state index in [-0.39, 0.29) is 16.9 Å². The number of urea groups is 1. The molecule has 3 saturated heterocycles. The number of likely N-dealkylation sites (tertiary alicyclic amines) is 3. The van der Waals surface area contributed by atoms with Gasteiger partial charge in [-0.2, -0.15) is 0 Å². The molecule has 1 N–H and O–H groups in total. The lowest BCUT2D eigenvalue weighted by atomic mass is 9.60. The Balaban J connectivity index is 1.48. The van der Waals surface area contributed by atoms with Crippen molar-refractivity contribution in [3.8, 4) is 5.75 Å². The van der Waals surface area contributed by atoms with Gasteiger partial charge in [0.2, 0.25) is 5.91 Å². The second-order valence-corrected chi connectivity index (χ2v) is 10.2. The van der Waals surface area contributed by atoms with Crippen molar-refractivity contribution in [3.05, 3.63) is 24.3 Å². The number of benzene rings is 1. The van der Waals surface area contributed by atoms with Gasteiger partial charge in [-0.05, 0) is 44.2 Å². The van der Waals surface area contributed by atoms with Crippen LogP contribution in [0.3, 0.4) is 0 Å². The third-order valence-electron chi connectivity index (χ3n) is 7.87. The second kappa shape index (κ2) is 8.93. The van der Waals surface area contributed by atoms with Crippen LogP contribution in [0.2, 0.25) is 0 Å². The van der Waals surface area contributed by atoms with E-state index in [1.165, 1.54) is 0 Å². The molecule has 1 aromatic rings. The standard InChI is InChI=1S/C25H38N4O3/c1-5-28-14-11-25(22(28)30)18-27(16-19(2)3)17-24(25)9-12-29(13-10-24)23(31)26-20-7-6-8-21(15-20)32-4/h6-8,15,19H,5,9-14,16-18H2,1-4H3,(H,26,31). The fourth-order valence-corrected chi connectivity index (χ4v) is 6.29. The van der Waals surface area contributed by atoms with Gasteiger partial charge in [-0.3, -0.25) is 4.79 Å². The number of carbonyl (C=O) groups is 2. The molecule has 7 nitrogen and oxygen atoms in total. The number of hydrogen-bond acceptors (Lipinski definition) is 4. The van der Waals surface area contributed by atoms with Gasteiger partial charge in [0.15, 0.2) is 0 Å². The summed E-state index contributed by atoms with van der Waals surface area (Å²) in [6, 6.07) is 7.36. The Hall–Kier alpha value is -2.28. The maximum absolute atomic E-state index is 13.6. The minimum absolute atomic E-state index is 0.0321. The normalized spacial score (nSPS) is 25.3. The number of ether oxygens (including phenoxy) is 1. The number of nitrogens with one attached hydrogen (secondary N) is 1. The predicted molar refractivity (Wildman–Crippen MR) is 126 cm³/mol. The van der Waals surface area contributed by atoms with Crippen molar-refractivity contribution in [2.75, 3.05) is 58.2 Å². The Labute approximate surface area is 192 Å². The van der Waals surface area contributed by atoms with Crippen LogP contribution in [0.15, 0.2) is 24.3 Å². The van der Waals surface area contributed by atoms with E-state index in [2.05, 4.69) is 31.0 Å². The summed E-state index contributed by atoms with van der Waals surface area (Å²) in [7, 11) is 1.62. The summed E-state index contributed by atoms with van der Waals surface area (Å²) in [5.74, 6) is 1.65. The Morgan fingerprint density at radius 2 is 1.91 bits per heavy atom. The Kier molecular flexibility index (Phi) is 6.39. The van der Waals surface area contributed by atoms with Crippen LogP contribution >= 0.6 is 0 Å². The van der Waals surface area contributed by atoms with Gasteiger partial charge in [0.1, 0.15) is 5.75 Å². The summed E-state index contributed by atoms with van der Waals surface area (Å²) in [5, 5.41) is 3.01. The third kappa shape index (κ3) is 3.96. The van der Waals surface area contributed by atoms with Gasteiger partial charge in [-0.15, -0.1) is 0 Å². The Bertz CT molecular complexity index is 849. The Morgan fingerprint density at radius 3 is 2.53 bits per heavy atom. The molecule has 0 saturated carbocycles. The predicted octanol–water partition coefficient (Wildman–Crippen LogP) is 3.52. The fraction of sp³-hybridized carbons (Fsp3) is 0.680. The van der Waals surface area contributed by atoms with E-state index in [1.54, 1.807) is 7.11 Å². The van der Waals surface area contributed by atoms with Gasteiger partial charge >= 0.3 is 6.03 Å². The second-order valence-electron chi connectivity index (χ2n) is 10.2. The van der Waals surface area contributed by atoms with E-state index in [0.717, 1.165) is 63.4 Å². The van der Waals surface area contributed by atoms with Crippen LogP contribution in [0.5, 0.6) is 5.75 Å². The van der Waals surface area contributed by atoms with Crippen LogP contribution in [0, 0.1) is 16.7 Å². The molecule has 3 aliphatic rings. The summed E-state index contributed by atoms with van der Waals surface area (Å²) in [6.07, 6.45) is 2.72. The van der Waals surface area contributed by atoms with E-state index in [4.69, 9.17) is 4.74 Å². The van der Waals surface area contributed by atoms with Gasteiger partial charge < -0.3 is 24.8 Å². The molecule has 3 fully saturated rings. The lowest BCUT2D eigenvalue weighted by Gasteiger charge is -2.47. The molecule has 0 radical (unpaired) electrons. The highest BCUT2D eigenvalue weighted by Gasteiger charge is 2.64. The number of fused-ring (bicyclic) bond motifs is 1. The lowest BCUT2D eigenvalue weighted by molar-refractivity contribution is -0.141. The van der Waals surface area contributed by atoms with Crippen molar-refractivity contribution in [1.29, 1.82) is 0 Å². The summed E-state index contributed by atoms with van der Waals surface area (Å²) in [4.78, 5) is 33.0. The van der Waals surface area contributed by atoms with Crippen molar-refractivity contribution in [2.24, 2.45) is 16.7 Å². The van der Waals surface area contributed by atoms with Gasteiger partial charge in [-0.1, -0.05) is 19.9 Å². The zero-order valence-electron chi connectivity index (χ0n) is 20.0. The summed E-state index contributed by atoms with van der Waals surface area (Å²) < 4.78 is 5.26. The van der Waals surface area contributed by atoms with E-state index in [9.17, 15) is 9.59 Å². The quantitative estimate of drug-likeness (QED) is 0.758. The molecule has 0 aromatic heterocycles. The maximum Gasteiger partial charge on any atom is 0.321 e. The number of anilines is 1. The molecule has 1 atom stereocenters. The minimum Gasteiger partial charge on any atom is -0.497 e. The molecule has 0 bridgehead atoms. The average molecular weight is 443 g/mol. The van der Waals surface area contributed by atoms with Crippen LogP contribution in [-0.4, -0.2) is 79.6 Å². The molecule has 7 heteroatoms. The molecule has 1 unspecified atom stereocenters. The number of piperidine rings is 1. The molecule has 1 aromatic carbocycles. The van der Waals surface area contributed by atoms with Gasteiger partial charge in [0, 0.05) is 63.0 Å². The molecule has 4 rings (SSSR count). The van der Waals surface area contributed by atoms with Gasteiger partial charge in [0.25, 0.3) is 0 Å². The molecular weight excluding hydrogens is 404 g/mol. The van der Waals surface area contributed by atoms with Crippen molar-refractivity contribution < 1.29 is 14.3 Å². The number of hydrogen-bond donors (Lipinski definition) is 1. The van der Waals surface area contributed by atoms with E-state index >= 15 is 0 Å². The third-order valence-corrected chi connectivity index (χ3v) is 7.87. The number of amides is 3. The number of carbonyl (C=O) groups excluding carboxylic acids is 2. The van der Waals surface area contributed by atoms with Crippen LogP contribution in [0.1, 0.15) is 40.0 Å². The van der Waals surface area contributed by atoms with Crippen molar-refractivity contribution in [1.82, 2.24) is 14.7 Å². The molecule has 3 heterocycles. The number of rotatable bonds is 5. The smallest absolute Gasteiger partial charge is 0.321 e. The molecule has 32 heavy (non-hydrogen) atoms. The van der Waals surface area contributed by atoms with E-state index in [0.29, 0.717) is 24.9 Å². The van der Waals surface area contributed by atoms with Gasteiger partial charge in [0.05, 0.1) is 12.5 Å². The Morgan fingerprint density at radius 1 is 1.16 bits per heavy atom. The zero-order valence-corrected chi connectivity index (χ0v) is 20.0. The highest BCUT2D eigenvalue weighted by atomic mass is 16.5. The summed E-state index contributed by atoms with van der Waals surface area (Å²) >= 11 is 0. The van der Waals surface area contributed by atoms with Crippen LogP contribution in [0.4, 0.5) is 10.5 Å². The first-order valence-corrected chi connectivity index (χ1v) is 12.0. The highest BCUT2D eigenvalue weighted by molar-refractivity contribution is 5.90. The largest absolute Gasteiger partial charge is 0.497 e. The first kappa shape index (κ1) is 22.9. The topological polar surface area (TPSA) is 65.1 Å². The van der Waals surface area contributed by atoms with E-state index in [1.807, 2.05) is 34.1 Å². The monoisotopic (exact) mass is 442 g/mol. The average Bonchev–Trinajstić information content (AvgIpc) is 3.25. The minimum atomic E-state index is -0.284. The summed E-state index contributed by atoms with van der Waals surface area (Å²) in [5.41, 5.74) is 0.419.